The Balaban J connectivity index is 2.89. The molecule has 0 fully saturated rings. The van der Waals surface area contributed by atoms with Gasteiger partial charge in [0.1, 0.15) is 0 Å². The maximum atomic E-state index is 12.1. The summed E-state index contributed by atoms with van der Waals surface area (Å²) in [6.07, 6.45) is 1.87. The van der Waals surface area contributed by atoms with Crippen LogP contribution in [0.25, 0.3) is 0 Å². The molecule has 0 aliphatic rings. The number of hydrogen-bond donors (Lipinski definition) is 2. The summed E-state index contributed by atoms with van der Waals surface area (Å²) in [7, 11) is 1.71. The van der Waals surface area contributed by atoms with Gasteiger partial charge in [0.2, 0.25) is 5.91 Å². The Morgan fingerprint density at radius 3 is 2.05 bits per heavy atom. The van der Waals surface area contributed by atoms with Crippen LogP contribution in [0.15, 0.2) is 30.3 Å². The highest BCUT2D eigenvalue weighted by atomic mass is 16.2. The SMILES string of the molecule is CNC(=O)C(CC(C)C)NC(CC(C)C)c1ccccc1. The predicted molar refractivity (Wildman–Crippen MR) is 89.1 cm³/mol. The third-order valence-corrected chi connectivity index (χ3v) is 3.58. The van der Waals surface area contributed by atoms with Crippen molar-refractivity contribution in [3.8, 4) is 0 Å². The lowest BCUT2D eigenvalue weighted by Crippen LogP contribution is -2.45. The van der Waals surface area contributed by atoms with Crippen LogP contribution in [0.4, 0.5) is 0 Å². The van der Waals surface area contributed by atoms with Crippen LogP contribution in [0, 0.1) is 11.8 Å². The fourth-order valence-corrected chi connectivity index (χ4v) is 2.60. The molecule has 1 rings (SSSR count). The van der Waals surface area contributed by atoms with E-state index in [1.54, 1.807) is 7.05 Å². The van der Waals surface area contributed by atoms with Gasteiger partial charge in [-0.2, -0.15) is 0 Å². The highest BCUT2D eigenvalue weighted by Crippen LogP contribution is 2.23. The molecule has 0 spiro atoms. The van der Waals surface area contributed by atoms with Crippen LogP contribution in [-0.2, 0) is 4.79 Å². The fraction of sp³-hybridized carbons (Fsp3) is 0.611. The minimum atomic E-state index is -0.140. The molecule has 21 heavy (non-hydrogen) atoms. The summed E-state index contributed by atoms with van der Waals surface area (Å²) in [6, 6.07) is 10.5. The van der Waals surface area contributed by atoms with E-state index in [1.807, 2.05) is 6.07 Å². The van der Waals surface area contributed by atoms with Crippen molar-refractivity contribution in [1.82, 2.24) is 10.6 Å². The van der Waals surface area contributed by atoms with Gasteiger partial charge in [-0.05, 0) is 30.2 Å². The van der Waals surface area contributed by atoms with E-state index in [9.17, 15) is 4.79 Å². The molecule has 2 atom stereocenters. The lowest BCUT2D eigenvalue weighted by molar-refractivity contribution is -0.123. The summed E-state index contributed by atoms with van der Waals surface area (Å²) in [5.74, 6) is 1.13. The summed E-state index contributed by atoms with van der Waals surface area (Å²) >= 11 is 0. The van der Waals surface area contributed by atoms with Crippen LogP contribution in [0.3, 0.4) is 0 Å². The summed E-state index contributed by atoms with van der Waals surface area (Å²) in [5.41, 5.74) is 1.25. The van der Waals surface area contributed by atoms with Crippen LogP contribution in [-0.4, -0.2) is 19.0 Å². The second kappa shape index (κ2) is 8.83. The Labute approximate surface area is 129 Å². The summed E-state index contributed by atoms with van der Waals surface area (Å²) in [6.45, 7) is 8.74. The van der Waals surface area contributed by atoms with Crippen molar-refractivity contribution >= 4 is 5.91 Å². The van der Waals surface area contributed by atoms with Gasteiger partial charge in [0.15, 0.2) is 0 Å². The van der Waals surface area contributed by atoms with Crippen molar-refractivity contribution in [3.05, 3.63) is 35.9 Å². The number of carbonyl (C=O) groups excluding carboxylic acids is 1. The number of nitrogens with one attached hydrogen (secondary N) is 2. The maximum absolute atomic E-state index is 12.1. The minimum absolute atomic E-state index is 0.0772. The standard InChI is InChI=1S/C18H30N2O/c1-13(2)11-16(15-9-7-6-8-10-15)20-17(12-14(3)4)18(21)19-5/h6-10,13-14,16-17,20H,11-12H2,1-5H3,(H,19,21). The van der Waals surface area contributed by atoms with E-state index >= 15 is 0 Å². The van der Waals surface area contributed by atoms with Gasteiger partial charge in [-0.3, -0.25) is 10.1 Å². The molecular formula is C18H30N2O. The van der Waals surface area contributed by atoms with Gasteiger partial charge in [0.05, 0.1) is 6.04 Å². The zero-order chi connectivity index (χ0) is 15.8. The molecule has 1 aromatic rings. The molecule has 0 aliphatic heterocycles. The molecule has 3 heteroatoms. The number of hydrogen-bond acceptors (Lipinski definition) is 2. The monoisotopic (exact) mass is 290 g/mol. The number of amides is 1. The van der Waals surface area contributed by atoms with Crippen molar-refractivity contribution < 1.29 is 4.79 Å². The zero-order valence-electron chi connectivity index (χ0n) is 14.0. The first-order valence-electron chi connectivity index (χ1n) is 7.96. The van der Waals surface area contributed by atoms with E-state index in [2.05, 4.69) is 62.6 Å². The second-order valence-corrected chi connectivity index (χ2v) is 6.56. The van der Waals surface area contributed by atoms with Gasteiger partial charge >= 0.3 is 0 Å². The topological polar surface area (TPSA) is 41.1 Å². The quantitative estimate of drug-likeness (QED) is 0.769. The van der Waals surface area contributed by atoms with Crippen molar-refractivity contribution in [2.45, 2.75) is 52.6 Å². The van der Waals surface area contributed by atoms with Crippen molar-refractivity contribution in [1.29, 1.82) is 0 Å². The molecule has 118 valence electrons. The molecule has 0 aliphatic carbocycles. The Morgan fingerprint density at radius 1 is 1.00 bits per heavy atom. The maximum Gasteiger partial charge on any atom is 0.236 e. The van der Waals surface area contributed by atoms with Gasteiger partial charge < -0.3 is 5.32 Å². The van der Waals surface area contributed by atoms with E-state index in [0.717, 1.165) is 12.8 Å². The van der Waals surface area contributed by atoms with Gasteiger partial charge in [0.25, 0.3) is 0 Å². The minimum Gasteiger partial charge on any atom is -0.358 e. The summed E-state index contributed by atoms with van der Waals surface area (Å²) in [4.78, 5) is 12.1. The molecule has 1 amide bonds. The Bertz CT molecular complexity index is 414. The van der Waals surface area contributed by atoms with Gasteiger partial charge in [-0.25, -0.2) is 0 Å². The molecule has 0 saturated carbocycles. The largest absolute Gasteiger partial charge is 0.358 e. The predicted octanol–water partition coefficient (Wildman–Crippen LogP) is 3.52. The first-order chi connectivity index (χ1) is 9.93. The lowest BCUT2D eigenvalue weighted by atomic mass is 9.94. The molecule has 0 radical (unpaired) electrons. The number of carbonyl (C=O) groups is 1. The number of rotatable bonds is 8. The van der Waals surface area contributed by atoms with E-state index in [1.165, 1.54) is 5.56 Å². The van der Waals surface area contributed by atoms with Gasteiger partial charge in [0, 0.05) is 13.1 Å². The number of benzene rings is 1. The normalized spacial score (nSPS) is 14.2. The summed E-state index contributed by atoms with van der Waals surface area (Å²) in [5, 5.41) is 6.35. The van der Waals surface area contributed by atoms with Crippen molar-refractivity contribution in [3.63, 3.8) is 0 Å². The van der Waals surface area contributed by atoms with Gasteiger partial charge in [-0.1, -0.05) is 58.0 Å². The average Bonchev–Trinajstić information content (AvgIpc) is 2.45. The van der Waals surface area contributed by atoms with Crippen LogP contribution in [0.5, 0.6) is 0 Å². The Morgan fingerprint density at radius 2 is 1.57 bits per heavy atom. The van der Waals surface area contributed by atoms with Crippen LogP contribution < -0.4 is 10.6 Å². The molecule has 0 bridgehead atoms. The van der Waals surface area contributed by atoms with Gasteiger partial charge in [-0.15, -0.1) is 0 Å². The highest BCUT2D eigenvalue weighted by molar-refractivity contribution is 5.81. The first kappa shape index (κ1) is 17.7. The smallest absolute Gasteiger partial charge is 0.236 e. The zero-order valence-corrected chi connectivity index (χ0v) is 14.0. The van der Waals surface area contributed by atoms with E-state index in [4.69, 9.17) is 0 Å². The van der Waals surface area contributed by atoms with Crippen molar-refractivity contribution in [2.75, 3.05) is 7.05 Å². The fourth-order valence-electron chi connectivity index (χ4n) is 2.60. The highest BCUT2D eigenvalue weighted by Gasteiger charge is 2.23. The molecule has 3 nitrogen and oxygen atoms in total. The van der Waals surface area contributed by atoms with E-state index in [-0.39, 0.29) is 18.0 Å². The molecule has 0 heterocycles. The molecular weight excluding hydrogens is 260 g/mol. The summed E-state index contributed by atoms with van der Waals surface area (Å²) < 4.78 is 0. The molecule has 2 unspecified atom stereocenters. The van der Waals surface area contributed by atoms with E-state index < -0.39 is 0 Å². The first-order valence-corrected chi connectivity index (χ1v) is 7.96. The molecule has 0 aromatic heterocycles. The molecule has 2 N–H and O–H groups in total. The number of likely N-dealkylation sites (N-methyl/N-ethyl adjacent to an activating group) is 1. The third kappa shape index (κ3) is 6.30. The van der Waals surface area contributed by atoms with Crippen molar-refractivity contribution in [2.24, 2.45) is 11.8 Å². The average molecular weight is 290 g/mol. The second-order valence-electron chi connectivity index (χ2n) is 6.56. The Kier molecular flexibility index (Phi) is 7.44. The molecule has 0 saturated heterocycles. The van der Waals surface area contributed by atoms with Crippen LogP contribution in [0.1, 0.15) is 52.1 Å². The Hall–Kier alpha value is -1.35. The third-order valence-electron chi connectivity index (χ3n) is 3.58. The lowest BCUT2D eigenvalue weighted by Gasteiger charge is -2.27. The van der Waals surface area contributed by atoms with Crippen LogP contribution in [0.2, 0.25) is 0 Å². The molecule has 1 aromatic carbocycles. The van der Waals surface area contributed by atoms with Crippen LogP contribution >= 0.6 is 0 Å². The van der Waals surface area contributed by atoms with E-state index in [0.29, 0.717) is 11.8 Å².